The van der Waals surface area contributed by atoms with Crippen molar-refractivity contribution in [1.29, 1.82) is 0 Å². The Kier molecular flexibility index (Phi) is 2.92. The van der Waals surface area contributed by atoms with Crippen LogP contribution in [0.25, 0.3) is 11.0 Å². The summed E-state index contributed by atoms with van der Waals surface area (Å²) in [6, 6.07) is 1.27. The number of rotatable bonds is 2. The molecule has 1 heterocycles. The summed E-state index contributed by atoms with van der Waals surface area (Å²) in [4.78, 5) is 0. The number of fused-ring (bicyclic) bond motifs is 1. The molecule has 1 aromatic heterocycles. The Hall–Kier alpha value is -1.84. The molecular formula is C9H3F5O4S. The lowest BCUT2D eigenvalue weighted by Gasteiger charge is -2.07. The molecule has 4 nitrogen and oxygen atoms in total. The molecule has 0 atom stereocenters. The molecule has 0 unspecified atom stereocenters. The van der Waals surface area contributed by atoms with Gasteiger partial charge in [-0.3, -0.25) is 0 Å². The standard InChI is InChI=1S/C9H3F5O4S/c10-4-1-2-5(11)8-7(4)6(3-17-8)18-19(15,16)9(12,13)14/h1-3H. The van der Waals surface area contributed by atoms with E-state index in [0.717, 1.165) is 0 Å². The van der Waals surface area contributed by atoms with Crippen LogP contribution in [0.15, 0.2) is 22.8 Å². The third-order valence-electron chi connectivity index (χ3n) is 2.07. The van der Waals surface area contributed by atoms with E-state index in [1.54, 1.807) is 0 Å². The Bertz CT molecular complexity index is 731. The molecule has 0 saturated carbocycles. The van der Waals surface area contributed by atoms with Crippen LogP contribution in [0.5, 0.6) is 5.75 Å². The lowest BCUT2D eigenvalue weighted by Crippen LogP contribution is -2.28. The first-order valence-corrected chi connectivity index (χ1v) is 5.90. The second-order valence-electron chi connectivity index (χ2n) is 3.32. The molecule has 2 aromatic rings. The topological polar surface area (TPSA) is 56.5 Å². The molecule has 0 spiro atoms. The van der Waals surface area contributed by atoms with Crippen molar-refractivity contribution >= 4 is 21.1 Å². The van der Waals surface area contributed by atoms with E-state index in [0.29, 0.717) is 18.4 Å². The monoisotopic (exact) mass is 302 g/mol. The minimum atomic E-state index is -5.99. The molecule has 0 N–H and O–H groups in total. The highest BCUT2D eigenvalue weighted by atomic mass is 32.2. The largest absolute Gasteiger partial charge is 0.534 e. The smallest absolute Gasteiger partial charge is 0.457 e. The molecule has 0 bridgehead atoms. The SMILES string of the molecule is O=S(=O)(Oc1coc2c(F)ccc(F)c12)C(F)(F)F. The maximum atomic E-state index is 13.3. The Morgan fingerprint density at radius 2 is 1.68 bits per heavy atom. The quantitative estimate of drug-likeness (QED) is 0.486. The van der Waals surface area contributed by atoms with Crippen LogP contribution in [0, 0.1) is 11.6 Å². The molecule has 10 heteroatoms. The summed E-state index contributed by atoms with van der Waals surface area (Å²) in [6.45, 7) is 0. The zero-order valence-electron chi connectivity index (χ0n) is 8.66. The van der Waals surface area contributed by atoms with E-state index < -0.39 is 44.0 Å². The second-order valence-corrected chi connectivity index (χ2v) is 4.85. The van der Waals surface area contributed by atoms with Crippen molar-refractivity contribution in [3.8, 4) is 5.75 Å². The lowest BCUT2D eigenvalue weighted by molar-refractivity contribution is -0.0499. The molecule has 0 amide bonds. The van der Waals surface area contributed by atoms with Gasteiger partial charge in [0, 0.05) is 0 Å². The van der Waals surface area contributed by atoms with Crippen molar-refractivity contribution < 1.29 is 39.0 Å². The summed E-state index contributed by atoms with van der Waals surface area (Å²) < 4.78 is 92.4. The van der Waals surface area contributed by atoms with Crippen LogP contribution in [0.4, 0.5) is 22.0 Å². The average Bonchev–Trinajstić information content (AvgIpc) is 2.66. The Morgan fingerprint density at radius 1 is 1.11 bits per heavy atom. The first-order valence-electron chi connectivity index (χ1n) is 4.49. The van der Waals surface area contributed by atoms with Gasteiger partial charge >= 0.3 is 15.6 Å². The van der Waals surface area contributed by atoms with Crippen molar-refractivity contribution in [3.63, 3.8) is 0 Å². The normalized spacial score (nSPS) is 12.9. The minimum Gasteiger partial charge on any atom is -0.457 e. The van der Waals surface area contributed by atoms with Gasteiger partial charge in [0.15, 0.2) is 17.1 Å². The molecule has 2 rings (SSSR count). The van der Waals surface area contributed by atoms with Crippen molar-refractivity contribution in [2.24, 2.45) is 0 Å². The third-order valence-corrected chi connectivity index (χ3v) is 3.04. The fourth-order valence-corrected chi connectivity index (χ4v) is 1.73. The molecular weight excluding hydrogens is 299 g/mol. The maximum absolute atomic E-state index is 13.3. The number of hydrogen-bond acceptors (Lipinski definition) is 4. The van der Waals surface area contributed by atoms with Crippen molar-refractivity contribution in [2.45, 2.75) is 5.51 Å². The highest BCUT2D eigenvalue weighted by molar-refractivity contribution is 7.88. The van der Waals surface area contributed by atoms with E-state index in [4.69, 9.17) is 0 Å². The van der Waals surface area contributed by atoms with Crippen LogP contribution in [-0.4, -0.2) is 13.9 Å². The van der Waals surface area contributed by atoms with E-state index in [2.05, 4.69) is 8.60 Å². The molecule has 0 aliphatic rings. The Balaban J connectivity index is 2.58. The van der Waals surface area contributed by atoms with Gasteiger partial charge in [0.1, 0.15) is 17.5 Å². The van der Waals surface area contributed by atoms with Gasteiger partial charge < -0.3 is 8.60 Å². The fourth-order valence-electron chi connectivity index (χ4n) is 1.28. The summed E-state index contributed by atoms with van der Waals surface area (Å²) in [5.41, 5.74) is -6.44. The van der Waals surface area contributed by atoms with Gasteiger partial charge in [0.2, 0.25) is 0 Å². The van der Waals surface area contributed by atoms with Crippen LogP contribution in [-0.2, 0) is 10.1 Å². The highest BCUT2D eigenvalue weighted by Crippen LogP contribution is 2.35. The van der Waals surface area contributed by atoms with Crippen LogP contribution in [0.1, 0.15) is 0 Å². The number of furan rings is 1. The maximum Gasteiger partial charge on any atom is 0.534 e. The third kappa shape index (κ3) is 2.23. The first-order chi connectivity index (χ1) is 8.63. The molecule has 0 fully saturated rings. The van der Waals surface area contributed by atoms with E-state index >= 15 is 0 Å². The molecule has 104 valence electrons. The van der Waals surface area contributed by atoms with Gasteiger partial charge in [0.05, 0.1) is 0 Å². The number of benzene rings is 1. The van der Waals surface area contributed by atoms with E-state index in [1.165, 1.54) is 0 Å². The highest BCUT2D eigenvalue weighted by Gasteiger charge is 2.49. The minimum absolute atomic E-state index is 0.375. The van der Waals surface area contributed by atoms with Gasteiger partial charge in [-0.15, -0.1) is 0 Å². The summed E-state index contributed by atoms with van der Waals surface area (Å²) in [5, 5.41) is -0.826. The van der Waals surface area contributed by atoms with E-state index in [9.17, 15) is 30.4 Å². The van der Waals surface area contributed by atoms with Crippen LogP contribution < -0.4 is 4.18 Å². The molecule has 1 aromatic carbocycles. The first kappa shape index (κ1) is 13.6. The van der Waals surface area contributed by atoms with Crippen LogP contribution in [0.2, 0.25) is 0 Å². The summed E-state index contributed by atoms with van der Waals surface area (Å²) >= 11 is 0. The lowest BCUT2D eigenvalue weighted by atomic mass is 10.2. The van der Waals surface area contributed by atoms with Crippen molar-refractivity contribution in [3.05, 3.63) is 30.0 Å². The zero-order valence-corrected chi connectivity index (χ0v) is 9.48. The van der Waals surface area contributed by atoms with Crippen LogP contribution in [0.3, 0.4) is 0 Å². The van der Waals surface area contributed by atoms with Gasteiger partial charge in [-0.1, -0.05) is 0 Å². The van der Waals surface area contributed by atoms with E-state index in [-0.39, 0.29) is 0 Å². The van der Waals surface area contributed by atoms with Crippen molar-refractivity contribution in [2.75, 3.05) is 0 Å². The predicted molar refractivity (Wildman–Crippen MR) is 51.7 cm³/mol. The summed E-state index contributed by atoms with van der Waals surface area (Å²) in [5.74, 6) is -3.34. The van der Waals surface area contributed by atoms with Gasteiger partial charge in [-0.25, -0.2) is 8.78 Å². The van der Waals surface area contributed by atoms with Gasteiger partial charge in [-0.2, -0.15) is 21.6 Å². The zero-order chi connectivity index (χ0) is 14.4. The number of halogens is 5. The molecule has 0 aliphatic heterocycles. The Labute approximate surface area is 102 Å². The number of hydrogen-bond donors (Lipinski definition) is 0. The molecule has 0 aliphatic carbocycles. The average molecular weight is 302 g/mol. The molecule has 19 heavy (non-hydrogen) atoms. The fraction of sp³-hybridized carbons (Fsp3) is 0.111. The van der Waals surface area contributed by atoms with Crippen LogP contribution >= 0.6 is 0 Å². The van der Waals surface area contributed by atoms with E-state index in [1.807, 2.05) is 0 Å². The van der Waals surface area contributed by atoms with Crippen molar-refractivity contribution in [1.82, 2.24) is 0 Å². The molecule has 0 saturated heterocycles. The van der Waals surface area contributed by atoms with Gasteiger partial charge in [0.25, 0.3) is 0 Å². The molecule has 0 radical (unpaired) electrons. The Morgan fingerprint density at radius 3 is 2.26 bits per heavy atom. The summed E-state index contributed by atoms with van der Waals surface area (Å²) in [6.07, 6.45) is 0.375. The predicted octanol–water partition coefficient (Wildman–Crippen LogP) is 2.94. The number of alkyl halides is 3. The van der Waals surface area contributed by atoms with Gasteiger partial charge in [-0.05, 0) is 12.1 Å². The summed E-state index contributed by atoms with van der Waals surface area (Å²) in [7, 11) is -5.99. The second kappa shape index (κ2) is 4.08.